The molecule has 0 saturated carbocycles. The molecule has 2 aliphatic heterocycles. The number of piperidine rings is 1. The lowest BCUT2D eigenvalue weighted by Gasteiger charge is -2.33. The fourth-order valence-electron chi connectivity index (χ4n) is 3.80. The van der Waals surface area contributed by atoms with Crippen LogP contribution >= 0.6 is 0 Å². The summed E-state index contributed by atoms with van der Waals surface area (Å²) in [6, 6.07) is 7.64. The van der Waals surface area contributed by atoms with Gasteiger partial charge in [0, 0.05) is 37.8 Å². The van der Waals surface area contributed by atoms with Gasteiger partial charge < -0.3 is 25.0 Å². The van der Waals surface area contributed by atoms with Crippen LogP contribution in [-0.4, -0.2) is 55.3 Å². The molecule has 2 fully saturated rings. The first-order valence-electron chi connectivity index (χ1n) is 10.8. The van der Waals surface area contributed by atoms with Crippen molar-refractivity contribution >= 4 is 17.6 Å². The van der Waals surface area contributed by atoms with Gasteiger partial charge in [0.1, 0.15) is 0 Å². The normalized spacial score (nSPS) is 22.2. The number of nitrogens with zero attached hydrogens (tertiary/aromatic N) is 1. The molecule has 1 aromatic carbocycles. The van der Waals surface area contributed by atoms with Gasteiger partial charge in [-0.1, -0.05) is 19.1 Å². The molecule has 3 amide bonds. The smallest absolute Gasteiger partial charge is 0.321 e. The van der Waals surface area contributed by atoms with Crippen LogP contribution in [0.25, 0.3) is 0 Å². The molecule has 2 N–H and O–H groups in total. The van der Waals surface area contributed by atoms with Crippen LogP contribution in [0.2, 0.25) is 0 Å². The van der Waals surface area contributed by atoms with Crippen LogP contribution in [0.4, 0.5) is 10.5 Å². The number of nitrogens with one attached hydrogen (secondary N) is 2. The Morgan fingerprint density at radius 3 is 2.93 bits per heavy atom. The molecule has 2 saturated heterocycles. The topological polar surface area (TPSA) is 79.9 Å². The zero-order chi connectivity index (χ0) is 20.5. The van der Waals surface area contributed by atoms with Crippen molar-refractivity contribution in [1.82, 2.24) is 10.2 Å². The first-order chi connectivity index (χ1) is 14.1. The lowest BCUT2D eigenvalue weighted by Crippen LogP contribution is -2.50. The first-order valence-corrected chi connectivity index (χ1v) is 10.8. The average Bonchev–Trinajstić information content (AvgIpc) is 2.75. The third kappa shape index (κ3) is 7.01. The average molecular weight is 404 g/mol. The van der Waals surface area contributed by atoms with Crippen molar-refractivity contribution in [2.75, 3.05) is 31.6 Å². The summed E-state index contributed by atoms with van der Waals surface area (Å²) < 4.78 is 11.5. The SMILES string of the molecule is CCC(=O)NC1CCCN(C(=O)Nc2cccc(COCC3CCCCO3)c2)C1. The number of likely N-dealkylation sites (tertiary alicyclic amines) is 1. The van der Waals surface area contributed by atoms with Crippen molar-refractivity contribution in [2.24, 2.45) is 0 Å². The van der Waals surface area contributed by atoms with Crippen LogP contribution in [0.15, 0.2) is 24.3 Å². The van der Waals surface area contributed by atoms with Crippen molar-refractivity contribution in [1.29, 1.82) is 0 Å². The van der Waals surface area contributed by atoms with Gasteiger partial charge >= 0.3 is 6.03 Å². The second-order valence-corrected chi connectivity index (χ2v) is 7.84. The van der Waals surface area contributed by atoms with Gasteiger partial charge in [-0.15, -0.1) is 0 Å². The number of benzene rings is 1. The number of anilines is 1. The van der Waals surface area contributed by atoms with E-state index in [0.717, 1.165) is 43.5 Å². The van der Waals surface area contributed by atoms with Crippen molar-refractivity contribution < 1.29 is 19.1 Å². The van der Waals surface area contributed by atoms with Gasteiger partial charge in [-0.2, -0.15) is 0 Å². The molecular formula is C22H33N3O4. The minimum atomic E-state index is -0.130. The molecular weight excluding hydrogens is 370 g/mol. The van der Waals surface area contributed by atoms with Gasteiger partial charge in [-0.05, 0) is 49.8 Å². The van der Waals surface area contributed by atoms with E-state index >= 15 is 0 Å². The molecule has 2 aliphatic rings. The van der Waals surface area contributed by atoms with E-state index in [1.165, 1.54) is 6.42 Å². The third-order valence-electron chi connectivity index (χ3n) is 5.42. The summed E-state index contributed by atoms with van der Waals surface area (Å²) in [5, 5.41) is 5.96. The van der Waals surface area contributed by atoms with Crippen LogP contribution in [0.3, 0.4) is 0 Å². The molecule has 2 unspecified atom stereocenters. The molecule has 0 bridgehead atoms. The van der Waals surface area contributed by atoms with E-state index in [1.54, 1.807) is 4.90 Å². The van der Waals surface area contributed by atoms with E-state index in [9.17, 15) is 9.59 Å². The van der Waals surface area contributed by atoms with Crippen molar-refractivity contribution in [2.45, 2.75) is 64.2 Å². The Hall–Kier alpha value is -2.12. The summed E-state index contributed by atoms with van der Waals surface area (Å²) in [6.07, 6.45) is 5.87. The molecule has 1 aromatic rings. The highest BCUT2D eigenvalue weighted by Gasteiger charge is 2.24. The van der Waals surface area contributed by atoms with Crippen molar-refractivity contribution in [3.63, 3.8) is 0 Å². The van der Waals surface area contributed by atoms with Gasteiger partial charge in [0.2, 0.25) is 5.91 Å². The number of ether oxygens (including phenoxy) is 2. The first kappa shape index (κ1) is 21.6. The summed E-state index contributed by atoms with van der Waals surface area (Å²) in [6.45, 7) is 5.01. The van der Waals surface area contributed by atoms with Crippen molar-refractivity contribution in [3.05, 3.63) is 29.8 Å². The fourth-order valence-corrected chi connectivity index (χ4v) is 3.80. The predicted octanol–water partition coefficient (Wildman–Crippen LogP) is 3.29. The molecule has 7 heteroatoms. The maximum Gasteiger partial charge on any atom is 0.321 e. The largest absolute Gasteiger partial charge is 0.376 e. The Bertz CT molecular complexity index is 676. The molecule has 0 spiro atoms. The minimum absolute atomic E-state index is 0.0311. The Morgan fingerprint density at radius 2 is 2.14 bits per heavy atom. The van der Waals surface area contributed by atoms with Gasteiger partial charge in [0.15, 0.2) is 0 Å². The van der Waals surface area contributed by atoms with Crippen LogP contribution < -0.4 is 10.6 Å². The molecule has 7 nitrogen and oxygen atoms in total. The standard InChI is InChI=1S/C22H33N3O4/c1-2-21(26)23-19-9-6-11-25(14-19)22(27)24-18-8-5-7-17(13-18)15-28-16-20-10-3-4-12-29-20/h5,7-8,13,19-20H,2-4,6,9-12,14-16H2,1H3,(H,23,26)(H,24,27). The van der Waals surface area contributed by atoms with Crippen LogP contribution in [0, 0.1) is 0 Å². The van der Waals surface area contributed by atoms with Crippen molar-refractivity contribution in [3.8, 4) is 0 Å². The number of rotatable bonds is 7. The lowest BCUT2D eigenvalue weighted by molar-refractivity contribution is -0.121. The zero-order valence-corrected chi connectivity index (χ0v) is 17.3. The number of hydrogen-bond donors (Lipinski definition) is 2. The second-order valence-electron chi connectivity index (χ2n) is 7.84. The second kappa shape index (κ2) is 11.2. The molecule has 0 aromatic heterocycles. The molecule has 0 radical (unpaired) electrons. The quantitative estimate of drug-likeness (QED) is 0.732. The molecule has 2 heterocycles. The van der Waals surface area contributed by atoms with Gasteiger partial charge in [-0.3, -0.25) is 4.79 Å². The summed E-state index contributed by atoms with van der Waals surface area (Å²) in [4.78, 5) is 26.0. The van der Waals surface area contributed by atoms with E-state index < -0.39 is 0 Å². The Balaban J connectivity index is 1.46. The highest BCUT2D eigenvalue weighted by molar-refractivity contribution is 5.89. The van der Waals surface area contributed by atoms with E-state index in [0.29, 0.717) is 32.7 Å². The Morgan fingerprint density at radius 1 is 1.24 bits per heavy atom. The van der Waals surface area contributed by atoms with E-state index in [2.05, 4.69) is 10.6 Å². The molecule has 160 valence electrons. The highest BCUT2D eigenvalue weighted by Crippen LogP contribution is 2.17. The van der Waals surface area contributed by atoms with Gasteiger partial charge in [-0.25, -0.2) is 4.79 Å². The third-order valence-corrected chi connectivity index (χ3v) is 5.42. The number of hydrogen-bond acceptors (Lipinski definition) is 4. The molecule has 29 heavy (non-hydrogen) atoms. The number of amides is 3. The highest BCUT2D eigenvalue weighted by atomic mass is 16.5. The van der Waals surface area contributed by atoms with Gasteiger partial charge in [0.05, 0.1) is 19.3 Å². The number of carbonyl (C=O) groups is 2. The Kier molecular flexibility index (Phi) is 8.31. The van der Waals surface area contributed by atoms with Gasteiger partial charge in [0.25, 0.3) is 0 Å². The van der Waals surface area contributed by atoms with Crippen LogP contribution in [0.1, 0.15) is 51.0 Å². The predicted molar refractivity (Wildman–Crippen MR) is 112 cm³/mol. The minimum Gasteiger partial charge on any atom is -0.376 e. The number of urea groups is 1. The van der Waals surface area contributed by atoms with E-state index in [4.69, 9.17) is 9.47 Å². The van der Waals surface area contributed by atoms with Crippen LogP contribution in [0.5, 0.6) is 0 Å². The fraction of sp³-hybridized carbons (Fsp3) is 0.636. The summed E-state index contributed by atoms with van der Waals surface area (Å²) in [7, 11) is 0. The summed E-state index contributed by atoms with van der Waals surface area (Å²) in [5.41, 5.74) is 1.77. The number of carbonyl (C=O) groups excluding carboxylic acids is 2. The zero-order valence-electron chi connectivity index (χ0n) is 17.3. The lowest BCUT2D eigenvalue weighted by atomic mass is 10.1. The summed E-state index contributed by atoms with van der Waals surface area (Å²) in [5.74, 6) is 0.0311. The van der Waals surface area contributed by atoms with Crippen LogP contribution in [-0.2, 0) is 20.9 Å². The van der Waals surface area contributed by atoms with E-state index in [-0.39, 0.29) is 24.1 Å². The monoisotopic (exact) mass is 403 g/mol. The summed E-state index contributed by atoms with van der Waals surface area (Å²) >= 11 is 0. The van der Waals surface area contributed by atoms with E-state index in [1.807, 2.05) is 31.2 Å². The molecule has 0 aliphatic carbocycles. The maximum absolute atomic E-state index is 12.7. The molecule has 3 rings (SSSR count). The molecule has 2 atom stereocenters. The maximum atomic E-state index is 12.7. The Labute approximate surface area is 173 Å².